The molecule has 0 atom stereocenters. The molecule has 1 aromatic heterocycles. The first kappa shape index (κ1) is 24.3. The Labute approximate surface area is 194 Å². The van der Waals surface area contributed by atoms with Crippen LogP contribution in [-0.4, -0.2) is 48.2 Å². The van der Waals surface area contributed by atoms with Crippen LogP contribution >= 0.6 is 0 Å². The van der Waals surface area contributed by atoms with Gasteiger partial charge in [-0.3, -0.25) is 9.59 Å². The molecule has 1 saturated carbocycles. The first-order chi connectivity index (χ1) is 16.2. The van der Waals surface area contributed by atoms with Crippen molar-refractivity contribution < 1.29 is 22.4 Å². The van der Waals surface area contributed by atoms with Gasteiger partial charge in [0.05, 0.1) is 22.4 Å². The fourth-order valence-corrected chi connectivity index (χ4v) is 4.34. The monoisotopic (exact) mass is 480 g/mol. The Balaban J connectivity index is 1.60. The molecule has 2 fully saturated rings. The van der Waals surface area contributed by atoms with Gasteiger partial charge in [0.15, 0.2) is 0 Å². The molecule has 4 rings (SSSR count). The normalized spacial score (nSPS) is 18.2. The fraction of sp³-hybridized carbons (Fsp3) is 0.500. The first-order valence-corrected chi connectivity index (χ1v) is 11.4. The van der Waals surface area contributed by atoms with Crippen LogP contribution in [0.1, 0.15) is 53.6 Å². The largest absolute Gasteiger partial charge is 0.381 e. The second kappa shape index (κ2) is 9.77. The predicted molar refractivity (Wildman–Crippen MR) is 121 cm³/mol. The Kier molecular flexibility index (Phi) is 6.97. The van der Waals surface area contributed by atoms with E-state index in [9.17, 15) is 27.2 Å². The van der Waals surface area contributed by atoms with Crippen molar-refractivity contribution >= 4 is 11.6 Å². The molecule has 1 amide bonds. The van der Waals surface area contributed by atoms with Crippen LogP contribution in [0.25, 0.3) is 0 Å². The number of alkyl halides is 3. The van der Waals surface area contributed by atoms with E-state index in [-0.39, 0.29) is 23.7 Å². The lowest BCUT2D eigenvalue weighted by atomic mass is 10.0. The number of likely N-dealkylation sites (tertiary alicyclic amines) is 1. The number of anilines is 1. The number of carbonyl (C=O) groups excluding carboxylic acids is 1. The number of halogens is 4. The zero-order valence-electron chi connectivity index (χ0n) is 18.9. The summed E-state index contributed by atoms with van der Waals surface area (Å²) in [5.41, 5.74) is -1.70. The van der Waals surface area contributed by atoms with E-state index in [4.69, 9.17) is 0 Å². The van der Waals surface area contributed by atoms with Crippen molar-refractivity contribution in [3.63, 3.8) is 0 Å². The molecule has 1 aromatic carbocycles. The number of hydrogen-bond donors (Lipinski definition) is 2. The maximum absolute atomic E-state index is 14.4. The zero-order chi connectivity index (χ0) is 24.5. The second-order valence-corrected chi connectivity index (χ2v) is 9.19. The van der Waals surface area contributed by atoms with Gasteiger partial charge in [-0.25, -0.2) is 17.6 Å². The number of nitrogens with one attached hydrogen (secondary N) is 2. The number of nitrogens with zero attached hydrogens (tertiary/aromatic N) is 2. The van der Waals surface area contributed by atoms with Crippen LogP contribution in [0.2, 0.25) is 0 Å². The van der Waals surface area contributed by atoms with Crippen LogP contribution in [0.15, 0.2) is 35.3 Å². The Morgan fingerprint density at radius 1 is 1.24 bits per heavy atom. The van der Waals surface area contributed by atoms with Crippen LogP contribution < -0.4 is 16.2 Å². The minimum atomic E-state index is -2.97. The third-order valence-electron chi connectivity index (χ3n) is 6.75. The van der Waals surface area contributed by atoms with E-state index in [1.807, 2.05) is 7.05 Å². The van der Waals surface area contributed by atoms with Gasteiger partial charge in [-0.05, 0) is 45.8 Å². The molecule has 0 unspecified atom stereocenters. The molecule has 1 aliphatic carbocycles. The molecule has 10 heteroatoms. The maximum Gasteiger partial charge on any atom is 0.266 e. The smallest absolute Gasteiger partial charge is 0.266 e. The summed E-state index contributed by atoms with van der Waals surface area (Å²) in [4.78, 5) is 28.1. The molecule has 0 spiro atoms. The molecule has 2 aliphatic rings. The molecule has 2 aromatic rings. The van der Waals surface area contributed by atoms with Gasteiger partial charge < -0.3 is 20.1 Å². The van der Waals surface area contributed by atoms with Crippen LogP contribution in [0.5, 0.6) is 0 Å². The lowest BCUT2D eigenvalue weighted by Gasteiger charge is -2.31. The van der Waals surface area contributed by atoms with Crippen LogP contribution in [-0.2, 0) is 12.1 Å². The lowest BCUT2D eigenvalue weighted by Crippen LogP contribution is -2.38. The Bertz CT molecular complexity index is 1110. The topological polar surface area (TPSA) is 66.4 Å². The minimum Gasteiger partial charge on any atom is -0.381 e. The number of rotatable bonds is 8. The van der Waals surface area contributed by atoms with Gasteiger partial charge in [0, 0.05) is 30.4 Å². The summed E-state index contributed by atoms with van der Waals surface area (Å²) in [5.74, 6) is -1.68. The molecule has 0 bridgehead atoms. The quantitative estimate of drug-likeness (QED) is 0.564. The van der Waals surface area contributed by atoms with Crippen molar-refractivity contribution in [3.05, 3.63) is 63.3 Å². The summed E-state index contributed by atoms with van der Waals surface area (Å²) in [5, 5.41) is 5.84. The average molecular weight is 481 g/mol. The van der Waals surface area contributed by atoms with Crippen LogP contribution in [0.3, 0.4) is 0 Å². The summed E-state index contributed by atoms with van der Waals surface area (Å²) < 4.78 is 55.3. The van der Waals surface area contributed by atoms with E-state index in [1.54, 1.807) is 0 Å². The summed E-state index contributed by atoms with van der Waals surface area (Å²) in [6.45, 7) is 0.690. The van der Waals surface area contributed by atoms with Gasteiger partial charge in [-0.2, -0.15) is 0 Å². The molecule has 6 nitrogen and oxygen atoms in total. The highest BCUT2D eigenvalue weighted by atomic mass is 19.3. The van der Waals surface area contributed by atoms with Crippen molar-refractivity contribution in [2.75, 3.05) is 32.1 Å². The summed E-state index contributed by atoms with van der Waals surface area (Å²) in [6.07, 6.45) is 1.02. The third-order valence-corrected chi connectivity index (χ3v) is 6.75. The Morgan fingerprint density at radius 3 is 2.56 bits per heavy atom. The summed E-state index contributed by atoms with van der Waals surface area (Å²) in [7, 11) is 2.02. The van der Waals surface area contributed by atoms with Crippen molar-refractivity contribution in [2.24, 2.45) is 0 Å². The van der Waals surface area contributed by atoms with Crippen molar-refractivity contribution in [1.82, 2.24) is 14.8 Å². The number of aromatic nitrogens is 1. The number of hydrogen-bond acceptors (Lipinski definition) is 4. The fourth-order valence-electron chi connectivity index (χ4n) is 4.34. The molecule has 0 radical (unpaired) electrons. The van der Waals surface area contributed by atoms with E-state index in [1.165, 1.54) is 29.0 Å². The number of piperidine rings is 1. The van der Waals surface area contributed by atoms with Crippen molar-refractivity contribution in [1.29, 1.82) is 0 Å². The second-order valence-electron chi connectivity index (χ2n) is 9.19. The Morgan fingerprint density at radius 2 is 1.94 bits per heavy atom. The van der Waals surface area contributed by atoms with E-state index in [2.05, 4.69) is 15.5 Å². The highest BCUT2D eigenvalue weighted by Gasteiger charge is 2.46. The zero-order valence-corrected chi connectivity index (χ0v) is 18.9. The summed E-state index contributed by atoms with van der Waals surface area (Å²) in [6, 6.07) is 4.98. The van der Waals surface area contributed by atoms with Crippen LogP contribution in [0, 0.1) is 5.82 Å². The SMILES string of the molecule is CN1CCC(Nc2cc(=O)n(C3(CF)CC3)cc2C(=O)NCc2cccc(C(F)F)c2F)CC1. The first-order valence-electron chi connectivity index (χ1n) is 11.4. The number of amides is 1. The lowest BCUT2D eigenvalue weighted by molar-refractivity contribution is 0.0950. The van der Waals surface area contributed by atoms with Gasteiger partial charge in [0.1, 0.15) is 12.5 Å². The van der Waals surface area contributed by atoms with Crippen molar-refractivity contribution in [2.45, 2.75) is 50.2 Å². The van der Waals surface area contributed by atoms with Gasteiger partial charge >= 0.3 is 0 Å². The molecule has 2 heterocycles. The van der Waals surface area contributed by atoms with E-state index in [0.717, 1.165) is 32.0 Å². The summed E-state index contributed by atoms with van der Waals surface area (Å²) >= 11 is 0. The molecular formula is C24H28F4N4O2. The number of pyridine rings is 1. The average Bonchev–Trinajstić information content (AvgIpc) is 3.61. The standard InChI is InChI=1S/C24H28F4N4O2/c1-31-9-5-16(6-10-31)30-19-11-20(33)32(24(14-25)7-8-24)13-18(19)23(34)29-12-15-3-2-4-17(21(15)26)22(27)28/h2-4,11,13,16,22,30H,5-10,12,14H2,1H3,(H,29,34). The Hall–Kier alpha value is -2.88. The van der Waals surface area contributed by atoms with E-state index < -0.39 is 41.5 Å². The van der Waals surface area contributed by atoms with Gasteiger partial charge in [0.25, 0.3) is 17.9 Å². The number of carbonyl (C=O) groups is 1. The predicted octanol–water partition coefficient (Wildman–Crippen LogP) is 3.82. The van der Waals surface area contributed by atoms with Gasteiger partial charge in [-0.15, -0.1) is 0 Å². The highest BCUT2D eigenvalue weighted by Crippen LogP contribution is 2.43. The third kappa shape index (κ3) is 4.96. The highest BCUT2D eigenvalue weighted by molar-refractivity contribution is 5.99. The number of benzene rings is 1. The molecule has 2 N–H and O–H groups in total. The van der Waals surface area contributed by atoms with Gasteiger partial charge in [0.2, 0.25) is 0 Å². The molecule has 1 saturated heterocycles. The van der Waals surface area contributed by atoms with Crippen LogP contribution in [0.4, 0.5) is 23.2 Å². The van der Waals surface area contributed by atoms with Gasteiger partial charge in [-0.1, -0.05) is 18.2 Å². The maximum atomic E-state index is 14.4. The molecular weight excluding hydrogens is 452 g/mol. The molecule has 34 heavy (non-hydrogen) atoms. The molecule has 1 aliphatic heterocycles. The van der Waals surface area contributed by atoms with E-state index >= 15 is 0 Å². The van der Waals surface area contributed by atoms with Crippen molar-refractivity contribution in [3.8, 4) is 0 Å². The minimum absolute atomic E-state index is 0.0502. The van der Waals surface area contributed by atoms with E-state index in [0.29, 0.717) is 18.5 Å². The molecule has 184 valence electrons.